The van der Waals surface area contributed by atoms with Gasteiger partial charge in [0.25, 0.3) is 0 Å². The third-order valence-electron chi connectivity index (χ3n) is 9.23. The normalized spacial score (nSPS) is 41.5. The Balaban J connectivity index is 1.42. The zero-order valence-corrected chi connectivity index (χ0v) is 19.5. The zero-order chi connectivity index (χ0) is 23.9. The molecule has 7 atom stereocenters. The van der Waals surface area contributed by atoms with Gasteiger partial charge in [-0.2, -0.15) is 0 Å². The fourth-order valence-corrected chi connectivity index (χ4v) is 8.01. The summed E-state index contributed by atoms with van der Waals surface area (Å²) < 4.78 is 12.2. The predicted octanol–water partition coefficient (Wildman–Crippen LogP) is 3.73. The molecule has 4 aliphatic carbocycles. The molecular weight excluding hydrogens is 430 g/mol. The summed E-state index contributed by atoms with van der Waals surface area (Å²) in [6.45, 7) is 8.87. The Morgan fingerprint density at radius 3 is 2.76 bits per heavy atom. The molecule has 6 rings (SSSR count). The van der Waals surface area contributed by atoms with Gasteiger partial charge in [0.2, 0.25) is 0 Å². The van der Waals surface area contributed by atoms with Gasteiger partial charge in [0.15, 0.2) is 11.6 Å². The van der Waals surface area contributed by atoms with Crippen molar-refractivity contribution < 1.29 is 23.9 Å². The smallest absolute Gasteiger partial charge is 0.331 e. The molecule has 0 radical (unpaired) electrons. The van der Waals surface area contributed by atoms with E-state index in [1.165, 1.54) is 6.08 Å². The van der Waals surface area contributed by atoms with Gasteiger partial charge in [0.05, 0.1) is 6.61 Å². The minimum absolute atomic E-state index is 0.00859. The second kappa shape index (κ2) is 7.08. The summed E-state index contributed by atoms with van der Waals surface area (Å²) in [5.41, 5.74) is -0.715. The summed E-state index contributed by atoms with van der Waals surface area (Å²) in [6, 6.07) is 3.56. The number of Topliss-reactive ketones (excluding diaryl/α,β-unsaturated/α-hetero) is 2. The number of hydrogen-bond donors (Lipinski definition) is 0. The molecule has 4 bridgehead atoms. The third-order valence-corrected chi connectivity index (χ3v) is 9.23. The first-order valence-electron chi connectivity index (χ1n) is 12.1. The molecule has 176 valence electrons. The SMILES string of the molecule is C=C1C(=O)[C@@]23C(=O)[C@@H]4OC[C@]5(C=CCC(C)(C)[C@@H]45)[C@@H]2CC[C@@H]1[C@H]3OC(=O)/C=C/c1ccncc1. The van der Waals surface area contributed by atoms with Crippen molar-refractivity contribution in [1.29, 1.82) is 0 Å². The minimum Gasteiger partial charge on any atom is -0.457 e. The van der Waals surface area contributed by atoms with Crippen LogP contribution < -0.4 is 0 Å². The van der Waals surface area contributed by atoms with Crippen LogP contribution in [0.5, 0.6) is 0 Å². The number of ether oxygens (including phenoxy) is 2. The van der Waals surface area contributed by atoms with Crippen LogP contribution in [0.25, 0.3) is 6.08 Å². The van der Waals surface area contributed by atoms with Crippen LogP contribution in [0.2, 0.25) is 0 Å². The van der Waals surface area contributed by atoms with Gasteiger partial charge in [-0.05, 0) is 59.9 Å². The van der Waals surface area contributed by atoms with E-state index in [1.807, 2.05) is 0 Å². The molecule has 0 N–H and O–H groups in total. The largest absolute Gasteiger partial charge is 0.457 e. The third kappa shape index (κ3) is 2.55. The van der Waals surface area contributed by atoms with Gasteiger partial charge in [-0.15, -0.1) is 0 Å². The maximum Gasteiger partial charge on any atom is 0.331 e. The number of nitrogens with zero attached hydrogens (tertiary/aromatic N) is 1. The quantitative estimate of drug-likeness (QED) is 0.297. The van der Waals surface area contributed by atoms with Crippen LogP contribution in [0.15, 0.2) is 54.9 Å². The maximum absolute atomic E-state index is 14.2. The van der Waals surface area contributed by atoms with E-state index in [1.54, 1.807) is 30.6 Å². The summed E-state index contributed by atoms with van der Waals surface area (Å²) in [7, 11) is 0. The van der Waals surface area contributed by atoms with Crippen molar-refractivity contribution >= 4 is 23.6 Å². The molecule has 1 aromatic rings. The lowest BCUT2D eigenvalue weighted by atomic mass is 9.41. The van der Waals surface area contributed by atoms with Gasteiger partial charge < -0.3 is 9.47 Å². The molecule has 1 aromatic heterocycles. The number of rotatable bonds is 3. The summed E-state index contributed by atoms with van der Waals surface area (Å²) in [5.74, 6) is -1.60. The van der Waals surface area contributed by atoms with Crippen molar-refractivity contribution in [1.82, 2.24) is 4.98 Å². The number of hydrogen-bond acceptors (Lipinski definition) is 6. The molecule has 0 aromatic carbocycles. The van der Waals surface area contributed by atoms with Crippen LogP contribution in [0, 0.1) is 34.0 Å². The molecule has 2 heterocycles. The van der Waals surface area contributed by atoms with Gasteiger partial charge in [0.1, 0.15) is 17.6 Å². The van der Waals surface area contributed by atoms with Gasteiger partial charge in [-0.1, -0.05) is 32.6 Å². The van der Waals surface area contributed by atoms with Crippen LogP contribution in [0.1, 0.15) is 38.7 Å². The molecule has 0 amide bonds. The molecular formula is C28H29NO5. The fraction of sp³-hybridized carbons (Fsp3) is 0.500. The number of allylic oxidation sites excluding steroid dienone is 1. The average molecular weight is 460 g/mol. The van der Waals surface area contributed by atoms with E-state index >= 15 is 0 Å². The number of ketones is 2. The van der Waals surface area contributed by atoms with Crippen LogP contribution in [0.3, 0.4) is 0 Å². The second-order valence-electron chi connectivity index (χ2n) is 11.2. The van der Waals surface area contributed by atoms with Crippen molar-refractivity contribution in [3.8, 4) is 0 Å². The van der Waals surface area contributed by atoms with Crippen molar-refractivity contribution in [2.45, 2.75) is 45.3 Å². The first kappa shape index (κ1) is 21.7. The molecule has 5 aliphatic rings. The highest BCUT2D eigenvalue weighted by molar-refractivity contribution is 6.20. The monoisotopic (exact) mass is 459 g/mol. The molecule has 6 nitrogen and oxygen atoms in total. The van der Waals surface area contributed by atoms with Crippen LogP contribution >= 0.6 is 0 Å². The first-order valence-corrected chi connectivity index (χ1v) is 12.1. The lowest BCUT2D eigenvalue weighted by Crippen LogP contribution is -2.68. The number of esters is 1. The van der Waals surface area contributed by atoms with Crippen molar-refractivity contribution in [2.24, 2.45) is 34.0 Å². The molecule has 0 unspecified atom stereocenters. The van der Waals surface area contributed by atoms with Crippen molar-refractivity contribution in [3.63, 3.8) is 0 Å². The Kier molecular flexibility index (Phi) is 4.51. The van der Waals surface area contributed by atoms with E-state index in [4.69, 9.17) is 9.47 Å². The van der Waals surface area contributed by atoms with E-state index in [2.05, 4.69) is 37.6 Å². The van der Waals surface area contributed by atoms with Crippen LogP contribution in [-0.4, -0.2) is 41.3 Å². The second-order valence-corrected chi connectivity index (χ2v) is 11.2. The summed E-state index contributed by atoms with van der Waals surface area (Å²) in [4.78, 5) is 45.0. The molecule has 6 heteroatoms. The number of aromatic nitrogens is 1. The van der Waals surface area contributed by atoms with Crippen LogP contribution in [0.4, 0.5) is 0 Å². The number of pyridine rings is 1. The summed E-state index contributed by atoms with van der Waals surface area (Å²) in [5, 5.41) is 0. The van der Waals surface area contributed by atoms with Gasteiger partial charge in [0, 0.05) is 35.7 Å². The van der Waals surface area contributed by atoms with E-state index in [9.17, 15) is 14.4 Å². The maximum atomic E-state index is 14.2. The molecule has 1 spiro atoms. The molecule has 3 saturated carbocycles. The van der Waals surface area contributed by atoms with E-state index in [-0.39, 0.29) is 34.7 Å². The minimum atomic E-state index is -1.41. The lowest BCUT2D eigenvalue weighted by molar-refractivity contribution is -0.187. The van der Waals surface area contributed by atoms with Crippen molar-refractivity contribution in [3.05, 3.63) is 60.5 Å². The predicted molar refractivity (Wildman–Crippen MR) is 124 cm³/mol. The summed E-state index contributed by atoms with van der Waals surface area (Å²) >= 11 is 0. The molecule has 4 fully saturated rings. The van der Waals surface area contributed by atoms with Crippen molar-refractivity contribution in [2.75, 3.05) is 6.61 Å². The van der Waals surface area contributed by atoms with E-state index < -0.39 is 29.0 Å². The Hall–Kier alpha value is -2.86. The Bertz CT molecular complexity index is 1170. The highest BCUT2D eigenvalue weighted by Gasteiger charge is 2.80. The van der Waals surface area contributed by atoms with Gasteiger partial charge in [-0.3, -0.25) is 14.6 Å². The van der Waals surface area contributed by atoms with E-state index in [0.717, 1.165) is 18.4 Å². The molecule has 34 heavy (non-hydrogen) atoms. The Morgan fingerprint density at radius 1 is 1.24 bits per heavy atom. The zero-order valence-electron chi connectivity index (χ0n) is 19.5. The van der Waals surface area contributed by atoms with Gasteiger partial charge in [-0.25, -0.2) is 4.79 Å². The Labute approximate surface area is 199 Å². The topological polar surface area (TPSA) is 82.6 Å². The Morgan fingerprint density at radius 2 is 2.00 bits per heavy atom. The number of fused-ring (bicyclic) bond motifs is 1. The summed E-state index contributed by atoms with van der Waals surface area (Å²) in [6.07, 6.45) is 11.4. The molecule has 1 aliphatic heterocycles. The molecule has 1 saturated heterocycles. The first-order chi connectivity index (χ1) is 16.2. The fourth-order valence-electron chi connectivity index (χ4n) is 8.01. The average Bonchev–Trinajstić information content (AvgIpc) is 3.24. The van der Waals surface area contributed by atoms with E-state index in [0.29, 0.717) is 18.6 Å². The lowest BCUT2D eigenvalue weighted by Gasteiger charge is -2.59. The standard InChI is InChI=1S/C28H29NO5/c1-16-18-6-7-19-27-12-4-11-26(2,3)22(27)21(33-15-27)24(32)28(19,23(16)31)25(18)34-20(30)8-5-17-9-13-29-14-10-17/h4-5,8-10,12-14,18-19,21-22,25H,1,6-7,11,15H2,2-3H3/b8-5+/t18-,19-,21+,22+,25+,27+,28+/m0/s1. The number of carbonyl (C=O) groups is 3. The van der Waals surface area contributed by atoms with Gasteiger partial charge >= 0.3 is 5.97 Å². The van der Waals surface area contributed by atoms with Crippen LogP contribution in [-0.2, 0) is 23.9 Å². The highest BCUT2D eigenvalue weighted by atomic mass is 16.5. The number of carbonyl (C=O) groups excluding carboxylic acids is 3. The highest BCUT2D eigenvalue weighted by Crippen LogP contribution is 2.71.